The topological polar surface area (TPSA) is 100 Å². The van der Waals surface area contributed by atoms with Crippen LogP contribution >= 0.6 is 11.5 Å². The van der Waals surface area contributed by atoms with Crippen LogP contribution in [0.4, 0.5) is 11.4 Å². The normalized spacial score (nSPS) is 14.6. The minimum Gasteiger partial charge on any atom is -0.378 e. The Morgan fingerprint density at radius 3 is 2.69 bits per heavy atom. The van der Waals surface area contributed by atoms with E-state index in [9.17, 15) is 9.59 Å². The van der Waals surface area contributed by atoms with Crippen molar-refractivity contribution in [2.75, 3.05) is 36.5 Å². The molecular formula is C17H17N5O3S. The summed E-state index contributed by atoms with van der Waals surface area (Å²) in [6, 6.07) is 7.66. The summed E-state index contributed by atoms with van der Waals surface area (Å²) >= 11 is 0.972. The van der Waals surface area contributed by atoms with E-state index in [1.165, 1.54) is 0 Å². The number of amides is 1. The van der Waals surface area contributed by atoms with Gasteiger partial charge in [-0.3, -0.25) is 9.59 Å². The first-order chi connectivity index (χ1) is 12.6. The summed E-state index contributed by atoms with van der Waals surface area (Å²) in [7, 11) is 0. The van der Waals surface area contributed by atoms with Crippen LogP contribution in [0.15, 0.2) is 29.1 Å². The van der Waals surface area contributed by atoms with E-state index < -0.39 is 0 Å². The lowest BCUT2D eigenvalue weighted by atomic mass is 10.2. The van der Waals surface area contributed by atoms with E-state index in [-0.39, 0.29) is 17.0 Å². The summed E-state index contributed by atoms with van der Waals surface area (Å²) in [6.07, 6.45) is 0. The standard InChI is InChI=1S/C17H17N5O3S/c1-10-18-13-14(16(23)19-10)21-26-15(13)17(24)20-11-2-4-12(5-3-11)22-6-8-25-9-7-22/h2-5H,6-9H2,1H3,(H,20,24)(H,18,19,23). The van der Waals surface area contributed by atoms with Gasteiger partial charge in [0.05, 0.1) is 13.2 Å². The van der Waals surface area contributed by atoms with Crippen molar-refractivity contribution < 1.29 is 9.53 Å². The van der Waals surface area contributed by atoms with E-state index >= 15 is 0 Å². The second-order valence-electron chi connectivity index (χ2n) is 5.96. The van der Waals surface area contributed by atoms with Gasteiger partial charge in [0.1, 0.15) is 16.2 Å². The number of hydrogen-bond acceptors (Lipinski definition) is 7. The zero-order valence-corrected chi connectivity index (χ0v) is 14.9. The molecular weight excluding hydrogens is 354 g/mol. The van der Waals surface area contributed by atoms with E-state index in [0.29, 0.717) is 21.9 Å². The van der Waals surface area contributed by atoms with Crippen LogP contribution in [0.2, 0.25) is 0 Å². The molecule has 0 saturated carbocycles. The van der Waals surface area contributed by atoms with Crippen molar-refractivity contribution in [2.45, 2.75) is 6.92 Å². The number of morpholine rings is 1. The molecule has 1 fully saturated rings. The summed E-state index contributed by atoms with van der Waals surface area (Å²) in [4.78, 5) is 33.9. The fourth-order valence-corrected chi connectivity index (χ4v) is 3.59. The smallest absolute Gasteiger partial charge is 0.278 e. The zero-order valence-electron chi connectivity index (χ0n) is 14.1. The number of rotatable bonds is 3. The highest BCUT2D eigenvalue weighted by Crippen LogP contribution is 2.22. The second-order valence-corrected chi connectivity index (χ2v) is 6.73. The van der Waals surface area contributed by atoms with Crippen molar-refractivity contribution in [3.63, 3.8) is 0 Å². The molecule has 0 aliphatic carbocycles. The second kappa shape index (κ2) is 6.85. The Kier molecular flexibility index (Phi) is 4.39. The van der Waals surface area contributed by atoms with Gasteiger partial charge >= 0.3 is 0 Å². The predicted octanol–water partition coefficient (Wildman–Crippen LogP) is 1.78. The Bertz CT molecular complexity index is 1010. The molecule has 1 saturated heterocycles. The lowest BCUT2D eigenvalue weighted by molar-refractivity contribution is 0.103. The van der Waals surface area contributed by atoms with Gasteiger partial charge in [-0.05, 0) is 42.7 Å². The number of carbonyl (C=O) groups excluding carboxylic acids is 1. The number of benzene rings is 1. The number of hydrogen-bond donors (Lipinski definition) is 2. The Labute approximate surface area is 153 Å². The summed E-state index contributed by atoms with van der Waals surface area (Å²) in [5.41, 5.74) is 1.96. The van der Waals surface area contributed by atoms with Crippen LogP contribution in [0, 0.1) is 6.92 Å². The quantitative estimate of drug-likeness (QED) is 0.728. The molecule has 9 heteroatoms. The molecule has 0 radical (unpaired) electrons. The van der Waals surface area contributed by atoms with E-state index in [0.717, 1.165) is 43.5 Å². The minimum absolute atomic E-state index is 0.188. The molecule has 8 nitrogen and oxygen atoms in total. The molecule has 0 atom stereocenters. The third-order valence-electron chi connectivity index (χ3n) is 4.16. The zero-order chi connectivity index (χ0) is 18.1. The SMILES string of the molecule is Cc1nc2c(C(=O)Nc3ccc(N4CCOCC4)cc3)snc2c(=O)[nH]1. The van der Waals surface area contributed by atoms with Gasteiger partial charge in [-0.2, -0.15) is 4.37 Å². The maximum absolute atomic E-state index is 12.6. The molecule has 1 aliphatic heterocycles. The number of anilines is 2. The van der Waals surface area contributed by atoms with Gasteiger partial charge in [0.2, 0.25) is 0 Å². The number of aromatic amines is 1. The van der Waals surface area contributed by atoms with E-state index in [1.807, 2.05) is 24.3 Å². The Morgan fingerprint density at radius 2 is 1.96 bits per heavy atom. The van der Waals surface area contributed by atoms with Crippen molar-refractivity contribution in [1.29, 1.82) is 0 Å². The van der Waals surface area contributed by atoms with Gasteiger partial charge in [-0.1, -0.05) is 0 Å². The molecule has 1 amide bonds. The van der Waals surface area contributed by atoms with Crippen molar-refractivity contribution in [1.82, 2.24) is 14.3 Å². The number of aromatic nitrogens is 3. The molecule has 3 aromatic rings. The number of aryl methyl sites for hydroxylation is 1. The van der Waals surface area contributed by atoms with Gasteiger partial charge in [-0.25, -0.2) is 4.98 Å². The highest BCUT2D eigenvalue weighted by Gasteiger charge is 2.18. The summed E-state index contributed by atoms with van der Waals surface area (Å²) < 4.78 is 9.41. The van der Waals surface area contributed by atoms with Gasteiger partial charge in [-0.15, -0.1) is 0 Å². The molecule has 1 aromatic carbocycles. The van der Waals surface area contributed by atoms with Crippen molar-refractivity contribution in [3.8, 4) is 0 Å². The molecule has 2 aromatic heterocycles. The molecule has 2 N–H and O–H groups in total. The largest absolute Gasteiger partial charge is 0.378 e. The summed E-state index contributed by atoms with van der Waals surface area (Å²) in [5.74, 6) is 0.126. The van der Waals surface area contributed by atoms with Gasteiger partial charge in [0.15, 0.2) is 5.52 Å². The Balaban J connectivity index is 1.54. The number of nitrogens with zero attached hydrogens (tertiary/aromatic N) is 3. The van der Waals surface area contributed by atoms with Crippen molar-refractivity contribution >= 4 is 39.8 Å². The Morgan fingerprint density at radius 1 is 1.23 bits per heavy atom. The monoisotopic (exact) mass is 371 g/mol. The number of carbonyl (C=O) groups is 1. The van der Waals surface area contributed by atoms with Crippen LogP contribution < -0.4 is 15.8 Å². The molecule has 26 heavy (non-hydrogen) atoms. The first-order valence-corrected chi connectivity index (χ1v) is 8.99. The van der Waals surface area contributed by atoms with Crippen LogP contribution in [0.25, 0.3) is 11.0 Å². The third-order valence-corrected chi connectivity index (χ3v) is 5.00. The van der Waals surface area contributed by atoms with Crippen molar-refractivity contribution in [2.24, 2.45) is 0 Å². The molecule has 3 heterocycles. The van der Waals surface area contributed by atoms with Gasteiger partial charge < -0.3 is 19.9 Å². The lowest BCUT2D eigenvalue weighted by Gasteiger charge is -2.28. The fraction of sp³-hybridized carbons (Fsp3) is 0.294. The number of H-pyrrole nitrogens is 1. The molecule has 4 rings (SSSR count). The summed E-state index contributed by atoms with van der Waals surface area (Å²) in [5, 5.41) is 2.84. The fourth-order valence-electron chi connectivity index (χ4n) is 2.87. The Hall–Kier alpha value is -2.78. The first kappa shape index (κ1) is 16.7. The van der Waals surface area contributed by atoms with E-state index in [2.05, 4.69) is 24.6 Å². The van der Waals surface area contributed by atoms with Gasteiger partial charge in [0, 0.05) is 24.5 Å². The first-order valence-electron chi connectivity index (χ1n) is 8.22. The van der Waals surface area contributed by atoms with E-state index in [4.69, 9.17) is 4.74 Å². The number of ether oxygens (including phenoxy) is 1. The lowest BCUT2D eigenvalue weighted by Crippen LogP contribution is -2.36. The molecule has 134 valence electrons. The maximum Gasteiger partial charge on any atom is 0.278 e. The van der Waals surface area contributed by atoms with Crippen LogP contribution in [0.5, 0.6) is 0 Å². The average molecular weight is 371 g/mol. The van der Waals surface area contributed by atoms with Gasteiger partial charge in [0.25, 0.3) is 11.5 Å². The molecule has 0 unspecified atom stereocenters. The highest BCUT2D eigenvalue weighted by atomic mass is 32.1. The van der Waals surface area contributed by atoms with E-state index in [1.54, 1.807) is 6.92 Å². The van der Waals surface area contributed by atoms with Crippen molar-refractivity contribution in [3.05, 3.63) is 45.3 Å². The number of nitrogens with one attached hydrogen (secondary N) is 2. The maximum atomic E-state index is 12.6. The summed E-state index contributed by atoms with van der Waals surface area (Å²) in [6.45, 7) is 4.84. The van der Waals surface area contributed by atoms with Crippen LogP contribution in [0.1, 0.15) is 15.5 Å². The minimum atomic E-state index is -0.335. The molecule has 0 bridgehead atoms. The molecule has 0 spiro atoms. The highest BCUT2D eigenvalue weighted by molar-refractivity contribution is 7.09. The van der Waals surface area contributed by atoms with Crippen LogP contribution in [-0.4, -0.2) is 46.6 Å². The molecule has 1 aliphatic rings. The predicted molar refractivity (Wildman–Crippen MR) is 100 cm³/mol. The average Bonchev–Trinajstić information content (AvgIpc) is 3.07. The number of fused-ring (bicyclic) bond motifs is 1. The van der Waals surface area contributed by atoms with Crippen LogP contribution in [0.3, 0.4) is 0 Å². The third kappa shape index (κ3) is 3.18. The van der Waals surface area contributed by atoms with Crippen LogP contribution in [-0.2, 0) is 4.74 Å².